The van der Waals surface area contributed by atoms with Crippen molar-refractivity contribution in [2.24, 2.45) is 5.92 Å². The van der Waals surface area contributed by atoms with Gasteiger partial charge < -0.3 is 15.1 Å². The minimum absolute atomic E-state index is 0.0924. The molecule has 1 saturated heterocycles. The lowest BCUT2D eigenvalue weighted by molar-refractivity contribution is -0.179. The van der Waals surface area contributed by atoms with Crippen LogP contribution in [-0.4, -0.2) is 76.3 Å². The molecule has 3 atom stereocenters. The SMILES string of the molecule is O=C(N1CCN(C2CCCC2O)CC1)C(F)(F)C(O)C1CC1. The van der Waals surface area contributed by atoms with E-state index in [0.717, 1.165) is 24.2 Å². The third-order valence-corrected chi connectivity index (χ3v) is 5.24. The summed E-state index contributed by atoms with van der Waals surface area (Å²) in [7, 11) is 0. The van der Waals surface area contributed by atoms with Gasteiger partial charge in [-0.05, 0) is 38.0 Å². The zero-order valence-electron chi connectivity index (χ0n) is 12.6. The van der Waals surface area contributed by atoms with Crippen LogP contribution in [0.5, 0.6) is 0 Å². The molecule has 2 saturated carbocycles. The lowest BCUT2D eigenvalue weighted by atomic mass is 10.1. The number of hydrogen-bond acceptors (Lipinski definition) is 4. The van der Waals surface area contributed by atoms with Crippen molar-refractivity contribution >= 4 is 5.91 Å². The van der Waals surface area contributed by atoms with Crippen molar-refractivity contribution in [3.05, 3.63) is 0 Å². The summed E-state index contributed by atoms with van der Waals surface area (Å²) in [5.41, 5.74) is 0. The molecule has 0 aromatic heterocycles. The van der Waals surface area contributed by atoms with Crippen molar-refractivity contribution in [3.63, 3.8) is 0 Å². The molecule has 2 N–H and O–H groups in total. The Morgan fingerprint density at radius 2 is 1.73 bits per heavy atom. The van der Waals surface area contributed by atoms with Crippen molar-refractivity contribution in [2.75, 3.05) is 26.2 Å². The van der Waals surface area contributed by atoms with Crippen LogP contribution in [0.15, 0.2) is 0 Å². The van der Waals surface area contributed by atoms with Gasteiger partial charge in [0.1, 0.15) is 6.10 Å². The molecule has 3 aliphatic rings. The second kappa shape index (κ2) is 6.02. The number of nitrogens with zero attached hydrogens (tertiary/aromatic N) is 2. The molecule has 7 heteroatoms. The summed E-state index contributed by atoms with van der Waals surface area (Å²) in [6, 6.07) is 0.0924. The maximum Gasteiger partial charge on any atom is 0.350 e. The zero-order chi connectivity index (χ0) is 15.9. The van der Waals surface area contributed by atoms with Gasteiger partial charge in [0.2, 0.25) is 0 Å². The monoisotopic (exact) mass is 318 g/mol. The number of alkyl halides is 2. The van der Waals surface area contributed by atoms with Crippen LogP contribution in [0.2, 0.25) is 0 Å². The second-order valence-corrected chi connectivity index (χ2v) is 6.80. The Kier molecular flexibility index (Phi) is 4.40. The van der Waals surface area contributed by atoms with E-state index < -0.39 is 23.9 Å². The molecule has 3 fully saturated rings. The summed E-state index contributed by atoms with van der Waals surface area (Å²) < 4.78 is 28.1. The Labute approximate surface area is 128 Å². The first-order valence-corrected chi connectivity index (χ1v) is 8.18. The van der Waals surface area contributed by atoms with Crippen molar-refractivity contribution in [1.82, 2.24) is 9.80 Å². The van der Waals surface area contributed by atoms with Crippen LogP contribution in [0.1, 0.15) is 32.1 Å². The van der Waals surface area contributed by atoms with E-state index in [1.807, 2.05) is 0 Å². The van der Waals surface area contributed by atoms with Crippen molar-refractivity contribution in [1.29, 1.82) is 0 Å². The van der Waals surface area contributed by atoms with E-state index in [0.29, 0.717) is 25.9 Å². The molecule has 3 rings (SSSR count). The summed E-state index contributed by atoms with van der Waals surface area (Å²) in [6.07, 6.45) is 1.63. The Balaban J connectivity index is 1.55. The normalized spacial score (nSPS) is 32.3. The maximum absolute atomic E-state index is 14.1. The summed E-state index contributed by atoms with van der Waals surface area (Å²) in [5, 5.41) is 19.5. The topological polar surface area (TPSA) is 64.0 Å². The number of hydrogen-bond donors (Lipinski definition) is 2. The van der Waals surface area contributed by atoms with Crippen LogP contribution in [-0.2, 0) is 4.79 Å². The molecule has 1 amide bonds. The number of amides is 1. The van der Waals surface area contributed by atoms with Crippen LogP contribution in [0, 0.1) is 5.92 Å². The quantitative estimate of drug-likeness (QED) is 0.790. The number of aliphatic hydroxyl groups excluding tert-OH is 2. The number of carbonyl (C=O) groups excluding carboxylic acids is 1. The summed E-state index contributed by atoms with van der Waals surface area (Å²) >= 11 is 0. The highest BCUT2D eigenvalue weighted by Gasteiger charge is 2.54. The average molecular weight is 318 g/mol. The molecule has 2 aliphatic carbocycles. The van der Waals surface area contributed by atoms with Gasteiger partial charge in [-0.15, -0.1) is 0 Å². The fourth-order valence-electron chi connectivity index (χ4n) is 3.65. The van der Waals surface area contributed by atoms with Gasteiger partial charge in [0.15, 0.2) is 0 Å². The van der Waals surface area contributed by atoms with Gasteiger partial charge in [-0.1, -0.05) is 0 Å². The number of carbonyl (C=O) groups is 1. The van der Waals surface area contributed by atoms with Crippen LogP contribution in [0.3, 0.4) is 0 Å². The van der Waals surface area contributed by atoms with Gasteiger partial charge in [0.05, 0.1) is 6.10 Å². The van der Waals surface area contributed by atoms with E-state index in [1.54, 1.807) is 0 Å². The molecule has 0 bridgehead atoms. The summed E-state index contributed by atoms with van der Waals surface area (Å²) in [6.45, 7) is 1.47. The molecular weight excluding hydrogens is 294 g/mol. The van der Waals surface area contributed by atoms with E-state index in [-0.39, 0.29) is 25.2 Å². The van der Waals surface area contributed by atoms with Gasteiger partial charge in [0, 0.05) is 32.2 Å². The smallest absolute Gasteiger partial charge is 0.350 e. The Morgan fingerprint density at radius 1 is 1.09 bits per heavy atom. The van der Waals surface area contributed by atoms with Crippen molar-refractivity contribution < 1.29 is 23.8 Å². The van der Waals surface area contributed by atoms with Crippen molar-refractivity contribution in [3.8, 4) is 0 Å². The second-order valence-electron chi connectivity index (χ2n) is 6.80. The highest BCUT2D eigenvalue weighted by molar-refractivity contribution is 5.84. The molecular formula is C15H24F2N2O3. The minimum atomic E-state index is -3.68. The first kappa shape index (κ1) is 16.1. The fraction of sp³-hybridized carbons (Fsp3) is 0.933. The molecule has 5 nitrogen and oxygen atoms in total. The Hall–Kier alpha value is -0.790. The Morgan fingerprint density at radius 3 is 2.23 bits per heavy atom. The molecule has 3 unspecified atom stereocenters. The lowest BCUT2D eigenvalue weighted by Gasteiger charge is -2.40. The van der Waals surface area contributed by atoms with Crippen LogP contribution >= 0.6 is 0 Å². The van der Waals surface area contributed by atoms with Crippen LogP contribution < -0.4 is 0 Å². The third-order valence-electron chi connectivity index (χ3n) is 5.24. The first-order chi connectivity index (χ1) is 10.4. The predicted molar refractivity (Wildman–Crippen MR) is 75.5 cm³/mol. The average Bonchev–Trinajstić information content (AvgIpc) is 3.27. The molecule has 1 aliphatic heterocycles. The van der Waals surface area contributed by atoms with Crippen LogP contribution in [0.4, 0.5) is 8.78 Å². The predicted octanol–water partition coefficient (Wildman–Crippen LogP) is 0.450. The number of halogens is 2. The highest BCUT2D eigenvalue weighted by atomic mass is 19.3. The number of aliphatic hydroxyl groups is 2. The minimum Gasteiger partial charge on any atom is -0.391 e. The molecule has 126 valence electrons. The largest absolute Gasteiger partial charge is 0.391 e. The van der Waals surface area contributed by atoms with Gasteiger partial charge in [-0.2, -0.15) is 8.78 Å². The fourth-order valence-corrected chi connectivity index (χ4v) is 3.65. The molecule has 0 spiro atoms. The standard InChI is InChI=1S/C15H24F2N2O3/c16-15(17,13(21)10-4-5-10)14(22)19-8-6-18(7-9-19)11-2-1-3-12(11)20/h10-13,20-21H,1-9H2. The molecule has 0 radical (unpaired) electrons. The summed E-state index contributed by atoms with van der Waals surface area (Å²) in [5.74, 6) is -5.37. The van der Waals surface area contributed by atoms with E-state index in [4.69, 9.17) is 0 Å². The molecule has 0 aromatic rings. The molecule has 1 heterocycles. The van der Waals surface area contributed by atoms with Gasteiger partial charge in [-0.3, -0.25) is 9.69 Å². The van der Waals surface area contributed by atoms with E-state index in [2.05, 4.69) is 4.90 Å². The zero-order valence-corrected chi connectivity index (χ0v) is 12.6. The Bertz CT molecular complexity index is 423. The lowest BCUT2D eigenvalue weighted by Crippen LogP contribution is -2.58. The van der Waals surface area contributed by atoms with Gasteiger partial charge in [-0.25, -0.2) is 0 Å². The van der Waals surface area contributed by atoms with Crippen LogP contribution in [0.25, 0.3) is 0 Å². The molecule has 0 aromatic carbocycles. The maximum atomic E-state index is 14.1. The number of rotatable bonds is 4. The summed E-state index contributed by atoms with van der Waals surface area (Å²) in [4.78, 5) is 15.3. The van der Waals surface area contributed by atoms with E-state index in [1.165, 1.54) is 0 Å². The van der Waals surface area contributed by atoms with Gasteiger partial charge in [0.25, 0.3) is 5.91 Å². The molecule has 22 heavy (non-hydrogen) atoms. The highest BCUT2D eigenvalue weighted by Crippen LogP contribution is 2.40. The van der Waals surface area contributed by atoms with Gasteiger partial charge >= 0.3 is 5.92 Å². The third kappa shape index (κ3) is 2.98. The first-order valence-electron chi connectivity index (χ1n) is 8.18. The van der Waals surface area contributed by atoms with E-state index in [9.17, 15) is 23.8 Å². The van der Waals surface area contributed by atoms with E-state index >= 15 is 0 Å². The number of piperazine rings is 1. The van der Waals surface area contributed by atoms with Crippen molar-refractivity contribution in [2.45, 2.75) is 56.3 Å².